The van der Waals surface area contributed by atoms with Gasteiger partial charge in [0.25, 0.3) is 0 Å². The topological polar surface area (TPSA) is 44.8 Å². The van der Waals surface area contributed by atoms with Gasteiger partial charge in [0.05, 0.1) is 20.3 Å². The SMILES string of the molecule is COc1cccc(OCCCOc2cccc(C=O)c2)c1. The van der Waals surface area contributed by atoms with Gasteiger partial charge in [0, 0.05) is 18.1 Å². The lowest BCUT2D eigenvalue weighted by Crippen LogP contribution is -2.05. The third-order valence-corrected chi connectivity index (χ3v) is 2.86. The van der Waals surface area contributed by atoms with Crippen molar-refractivity contribution in [1.29, 1.82) is 0 Å². The summed E-state index contributed by atoms with van der Waals surface area (Å²) in [6, 6.07) is 14.6. The van der Waals surface area contributed by atoms with E-state index in [0.717, 1.165) is 24.2 Å². The van der Waals surface area contributed by atoms with Gasteiger partial charge in [-0.1, -0.05) is 18.2 Å². The van der Waals surface area contributed by atoms with Crippen molar-refractivity contribution in [2.75, 3.05) is 20.3 Å². The molecule has 2 aromatic carbocycles. The van der Waals surface area contributed by atoms with Crippen LogP contribution in [0.15, 0.2) is 48.5 Å². The molecule has 0 atom stereocenters. The zero-order valence-electron chi connectivity index (χ0n) is 12.0. The Labute approximate surface area is 124 Å². The van der Waals surface area contributed by atoms with Crippen molar-refractivity contribution in [3.05, 3.63) is 54.1 Å². The lowest BCUT2D eigenvalue weighted by Gasteiger charge is -2.09. The van der Waals surface area contributed by atoms with Gasteiger partial charge in [-0.2, -0.15) is 0 Å². The zero-order chi connectivity index (χ0) is 14.9. The van der Waals surface area contributed by atoms with E-state index in [-0.39, 0.29) is 0 Å². The second kappa shape index (κ2) is 7.94. The van der Waals surface area contributed by atoms with Crippen LogP contribution in [0.5, 0.6) is 17.2 Å². The molecule has 0 saturated carbocycles. The van der Waals surface area contributed by atoms with Crippen LogP contribution < -0.4 is 14.2 Å². The van der Waals surface area contributed by atoms with E-state index in [2.05, 4.69) is 0 Å². The maximum atomic E-state index is 10.7. The lowest BCUT2D eigenvalue weighted by molar-refractivity contribution is 0.112. The number of carbonyl (C=O) groups is 1. The van der Waals surface area contributed by atoms with Gasteiger partial charge in [-0.05, 0) is 24.3 Å². The molecule has 0 aromatic heterocycles. The van der Waals surface area contributed by atoms with E-state index < -0.39 is 0 Å². The van der Waals surface area contributed by atoms with E-state index in [1.54, 1.807) is 25.3 Å². The minimum atomic E-state index is 0.534. The van der Waals surface area contributed by atoms with Crippen LogP contribution in [0.4, 0.5) is 0 Å². The molecular formula is C17H18O4. The first kappa shape index (κ1) is 14.9. The quantitative estimate of drug-likeness (QED) is 0.551. The van der Waals surface area contributed by atoms with E-state index in [1.165, 1.54) is 0 Å². The van der Waals surface area contributed by atoms with Gasteiger partial charge in [-0.3, -0.25) is 4.79 Å². The molecule has 0 saturated heterocycles. The second-order valence-corrected chi connectivity index (χ2v) is 4.42. The largest absolute Gasteiger partial charge is 0.497 e. The molecule has 2 aromatic rings. The number of hydrogen-bond donors (Lipinski definition) is 0. The number of rotatable bonds is 8. The lowest BCUT2D eigenvalue weighted by atomic mass is 10.2. The van der Waals surface area contributed by atoms with Crippen LogP contribution >= 0.6 is 0 Å². The predicted molar refractivity (Wildman–Crippen MR) is 80.4 cm³/mol. The van der Waals surface area contributed by atoms with Crippen molar-refractivity contribution in [3.8, 4) is 17.2 Å². The number of methoxy groups -OCH3 is 1. The van der Waals surface area contributed by atoms with Gasteiger partial charge < -0.3 is 14.2 Å². The van der Waals surface area contributed by atoms with Gasteiger partial charge in [0.2, 0.25) is 0 Å². The average molecular weight is 286 g/mol. The molecule has 0 spiro atoms. The summed E-state index contributed by atoms with van der Waals surface area (Å²) in [7, 11) is 1.63. The highest BCUT2D eigenvalue weighted by atomic mass is 16.5. The van der Waals surface area contributed by atoms with Gasteiger partial charge in [0.1, 0.15) is 23.5 Å². The van der Waals surface area contributed by atoms with Crippen LogP contribution in [-0.2, 0) is 0 Å². The number of aldehydes is 1. The summed E-state index contributed by atoms with van der Waals surface area (Å²) < 4.78 is 16.3. The molecule has 0 aliphatic rings. The maximum Gasteiger partial charge on any atom is 0.150 e. The highest BCUT2D eigenvalue weighted by Crippen LogP contribution is 2.19. The van der Waals surface area contributed by atoms with Crippen LogP contribution in [0.1, 0.15) is 16.8 Å². The van der Waals surface area contributed by atoms with Crippen LogP contribution in [0, 0.1) is 0 Å². The normalized spacial score (nSPS) is 9.95. The minimum absolute atomic E-state index is 0.534. The van der Waals surface area contributed by atoms with Crippen LogP contribution in [0.25, 0.3) is 0 Å². The second-order valence-electron chi connectivity index (χ2n) is 4.42. The van der Waals surface area contributed by atoms with Crippen LogP contribution in [0.2, 0.25) is 0 Å². The molecule has 0 N–H and O–H groups in total. The molecule has 21 heavy (non-hydrogen) atoms. The molecular weight excluding hydrogens is 268 g/mol. The number of benzene rings is 2. The summed E-state index contributed by atoms with van der Waals surface area (Å²) in [4.78, 5) is 10.7. The molecule has 4 nitrogen and oxygen atoms in total. The molecule has 0 heterocycles. The molecule has 2 rings (SSSR count). The highest BCUT2D eigenvalue weighted by molar-refractivity contribution is 5.75. The Morgan fingerprint density at radius 2 is 1.52 bits per heavy atom. The fourth-order valence-corrected chi connectivity index (χ4v) is 1.81. The smallest absolute Gasteiger partial charge is 0.150 e. The molecule has 110 valence electrons. The molecule has 0 fully saturated rings. The molecule has 0 aliphatic carbocycles. The number of ether oxygens (including phenoxy) is 3. The van der Waals surface area contributed by atoms with E-state index in [0.29, 0.717) is 24.5 Å². The van der Waals surface area contributed by atoms with Crippen molar-refractivity contribution in [2.24, 2.45) is 0 Å². The first-order chi connectivity index (χ1) is 10.3. The van der Waals surface area contributed by atoms with Crippen molar-refractivity contribution in [3.63, 3.8) is 0 Å². The van der Waals surface area contributed by atoms with Crippen molar-refractivity contribution < 1.29 is 19.0 Å². The van der Waals surface area contributed by atoms with E-state index in [9.17, 15) is 4.79 Å². The van der Waals surface area contributed by atoms with Crippen LogP contribution in [-0.4, -0.2) is 26.6 Å². The third-order valence-electron chi connectivity index (χ3n) is 2.86. The molecule has 0 aliphatic heterocycles. The zero-order valence-corrected chi connectivity index (χ0v) is 12.0. The summed E-state index contributed by atoms with van der Waals surface area (Å²) in [5.41, 5.74) is 0.611. The minimum Gasteiger partial charge on any atom is -0.497 e. The van der Waals surface area contributed by atoms with Gasteiger partial charge in [-0.15, -0.1) is 0 Å². The molecule has 0 unspecified atom stereocenters. The summed E-state index contributed by atoms with van der Waals surface area (Å²) in [6.45, 7) is 1.09. The Morgan fingerprint density at radius 1 is 0.905 bits per heavy atom. The molecule has 0 bridgehead atoms. The highest BCUT2D eigenvalue weighted by Gasteiger charge is 1.98. The van der Waals surface area contributed by atoms with Crippen molar-refractivity contribution in [2.45, 2.75) is 6.42 Å². The van der Waals surface area contributed by atoms with E-state index >= 15 is 0 Å². The Balaban J connectivity index is 1.70. The summed E-state index contributed by atoms with van der Waals surface area (Å²) in [5.74, 6) is 2.24. The third kappa shape index (κ3) is 4.84. The molecule has 0 radical (unpaired) electrons. The Bertz CT molecular complexity index is 581. The van der Waals surface area contributed by atoms with Gasteiger partial charge in [0.15, 0.2) is 0 Å². The van der Waals surface area contributed by atoms with Crippen molar-refractivity contribution in [1.82, 2.24) is 0 Å². The Hall–Kier alpha value is -2.49. The van der Waals surface area contributed by atoms with Gasteiger partial charge in [-0.25, -0.2) is 0 Å². The van der Waals surface area contributed by atoms with E-state index in [4.69, 9.17) is 14.2 Å². The summed E-state index contributed by atoms with van der Waals surface area (Å²) in [5, 5.41) is 0. The van der Waals surface area contributed by atoms with E-state index in [1.807, 2.05) is 30.3 Å². The number of carbonyl (C=O) groups excluding carboxylic acids is 1. The van der Waals surface area contributed by atoms with Gasteiger partial charge >= 0.3 is 0 Å². The average Bonchev–Trinajstić information content (AvgIpc) is 2.55. The summed E-state index contributed by atoms with van der Waals surface area (Å²) >= 11 is 0. The maximum absolute atomic E-state index is 10.7. The Kier molecular flexibility index (Phi) is 5.64. The summed E-state index contributed by atoms with van der Waals surface area (Å²) in [6.07, 6.45) is 1.56. The van der Waals surface area contributed by atoms with Crippen molar-refractivity contribution >= 4 is 6.29 Å². The molecule has 4 heteroatoms. The first-order valence-electron chi connectivity index (χ1n) is 6.77. The monoisotopic (exact) mass is 286 g/mol. The fraction of sp³-hybridized carbons (Fsp3) is 0.235. The number of hydrogen-bond acceptors (Lipinski definition) is 4. The molecule has 0 amide bonds. The Morgan fingerprint density at radius 3 is 2.19 bits per heavy atom. The fourth-order valence-electron chi connectivity index (χ4n) is 1.81. The van der Waals surface area contributed by atoms with Crippen LogP contribution in [0.3, 0.4) is 0 Å². The first-order valence-corrected chi connectivity index (χ1v) is 6.77. The predicted octanol–water partition coefficient (Wildman–Crippen LogP) is 3.36. The standard InChI is InChI=1S/C17H18O4/c1-19-15-6-3-8-17(12-15)21-10-4-9-20-16-7-2-5-14(11-16)13-18/h2-3,5-8,11-13H,4,9-10H2,1H3.